The summed E-state index contributed by atoms with van der Waals surface area (Å²) in [5.41, 5.74) is 4.23. The Morgan fingerprint density at radius 3 is 2.59 bits per heavy atom. The summed E-state index contributed by atoms with van der Waals surface area (Å²) in [7, 11) is 0. The molecule has 0 saturated heterocycles. The Balaban J connectivity index is 1.59. The van der Waals surface area contributed by atoms with Crippen LogP contribution >= 0.6 is 11.3 Å². The van der Waals surface area contributed by atoms with Crippen LogP contribution < -0.4 is 5.32 Å². The maximum absolute atomic E-state index is 12.9. The summed E-state index contributed by atoms with van der Waals surface area (Å²) in [6.45, 7) is 0.736. The molecule has 0 bridgehead atoms. The van der Waals surface area contributed by atoms with Crippen LogP contribution in [0.4, 0.5) is 5.69 Å². The van der Waals surface area contributed by atoms with Crippen LogP contribution in [0.2, 0.25) is 0 Å². The fourth-order valence-electron chi connectivity index (χ4n) is 3.11. The van der Waals surface area contributed by atoms with Gasteiger partial charge in [0.25, 0.3) is 5.91 Å². The second-order valence-electron chi connectivity index (χ2n) is 6.23. The Hall–Kier alpha value is -3.36. The predicted octanol–water partition coefficient (Wildman–Crippen LogP) is 5.07. The van der Waals surface area contributed by atoms with Crippen molar-refractivity contribution in [2.75, 3.05) is 5.32 Å². The van der Waals surface area contributed by atoms with Gasteiger partial charge in [-0.2, -0.15) is 5.26 Å². The van der Waals surface area contributed by atoms with Crippen LogP contribution in [0.25, 0.3) is 10.2 Å². The van der Waals surface area contributed by atoms with E-state index in [0.717, 1.165) is 23.2 Å². The molecule has 2 aromatic heterocycles. The standard InChI is InChI=1S/C22H17N3OS/c23-15-17-6-8-18(9-7-17)24-22(26)20-14-21-19(11-13-27-21)25(20)12-10-16-4-2-1-3-5-16/h1-9,11,13-14H,10,12H2,(H,24,26). The maximum Gasteiger partial charge on any atom is 0.272 e. The molecule has 2 aromatic carbocycles. The van der Waals surface area contributed by atoms with Crippen LogP contribution in [0, 0.1) is 11.3 Å². The van der Waals surface area contributed by atoms with Gasteiger partial charge in [0.2, 0.25) is 0 Å². The maximum atomic E-state index is 12.9. The van der Waals surface area contributed by atoms with Crippen LogP contribution in [0.15, 0.2) is 72.1 Å². The van der Waals surface area contributed by atoms with E-state index < -0.39 is 0 Å². The van der Waals surface area contributed by atoms with E-state index in [1.165, 1.54) is 5.56 Å². The Morgan fingerprint density at radius 1 is 1.07 bits per heavy atom. The zero-order valence-electron chi connectivity index (χ0n) is 14.6. The number of carbonyl (C=O) groups is 1. The Labute approximate surface area is 161 Å². The summed E-state index contributed by atoms with van der Waals surface area (Å²) in [6, 6.07) is 23.2. The fourth-order valence-corrected chi connectivity index (χ4v) is 3.94. The van der Waals surface area contributed by atoms with E-state index >= 15 is 0 Å². The van der Waals surface area contributed by atoms with Crippen LogP contribution in [0.5, 0.6) is 0 Å². The molecule has 0 saturated carbocycles. The number of nitriles is 1. The molecule has 0 atom stereocenters. The monoisotopic (exact) mass is 371 g/mol. The lowest BCUT2D eigenvalue weighted by Crippen LogP contribution is -2.17. The molecule has 1 N–H and O–H groups in total. The molecule has 27 heavy (non-hydrogen) atoms. The molecular weight excluding hydrogens is 354 g/mol. The summed E-state index contributed by atoms with van der Waals surface area (Å²) in [6.07, 6.45) is 0.859. The largest absolute Gasteiger partial charge is 0.335 e. The molecule has 0 spiro atoms. The quantitative estimate of drug-likeness (QED) is 0.532. The molecule has 0 aliphatic rings. The molecule has 4 nitrogen and oxygen atoms in total. The lowest BCUT2D eigenvalue weighted by Gasteiger charge is -2.11. The fraction of sp³-hybridized carbons (Fsp3) is 0.0909. The topological polar surface area (TPSA) is 57.8 Å². The van der Waals surface area contributed by atoms with Gasteiger partial charge in [-0.05, 0) is 53.8 Å². The molecule has 4 rings (SSSR count). The number of hydrogen-bond donors (Lipinski definition) is 1. The van der Waals surface area contributed by atoms with E-state index in [0.29, 0.717) is 16.9 Å². The average Bonchev–Trinajstić information content (AvgIpc) is 3.29. The first kappa shape index (κ1) is 17.1. The smallest absolute Gasteiger partial charge is 0.272 e. The van der Waals surface area contributed by atoms with Crippen molar-refractivity contribution in [3.63, 3.8) is 0 Å². The molecule has 0 fully saturated rings. The van der Waals surface area contributed by atoms with Gasteiger partial charge in [-0.15, -0.1) is 11.3 Å². The minimum Gasteiger partial charge on any atom is -0.335 e. The highest BCUT2D eigenvalue weighted by Gasteiger charge is 2.16. The van der Waals surface area contributed by atoms with E-state index in [1.54, 1.807) is 35.6 Å². The molecule has 4 aromatic rings. The summed E-state index contributed by atoms with van der Waals surface area (Å²) < 4.78 is 3.19. The van der Waals surface area contributed by atoms with Gasteiger partial charge in [-0.25, -0.2) is 0 Å². The summed E-state index contributed by atoms with van der Waals surface area (Å²) in [5, 5.41) is 13.9. The van der Waals surface area contributed by atoms with E-state index in [9.17, 15) is 4.79 Å². The van der Waals surface area contributed by atoms with E-state index in [1.807, 2.05) is 29.6 Å². The van der Waals surface area contributed by atoms with Gasteiger partial charge in [0, 0.05) is 12.2 Å². The number of nitrogens with one attached hydrogen (secondary N) is 1. The lowest BCUT2D eigenvalue weighted by atomic mass is 10.1. The number of nitrogens with zero attached hydrogens (tertiary/aromatic N) is 2. The van der Waals surface area contributed by atoms with Crippen molar-refractivity contribution in [3.05, 3.63) is 88.9 Å². The first-order valence-electron chi connectivity index (χ1n) is 8.67. The molecule has 2 heterocycles. The zero-order valence-corrected chi connectivity index (χ0v) is 15.4. The SMILES string of the molecule is N#Cc1ccc(NC(=O)c2cc3sccc3n2CCc2ccccc2)cc1. The van der Waals surface area contributed by atoms with Gasteiger partial charge in [-0.1, -0.05) is 30.3 Å². The van der Waals surface area contributed by atoms with Gasteiger partial charge < -0.3 is 9.88 Å². The lowest BCUT2D eigenvalue weighted by molar-refractivity contribution is 0.101. The number of aromatic nitrogens is 1. The molecule has 0 unspecified atom stereocenters. The molecule has 0 aliphatic carbocycles. The van der Waals surface area contributed by atoms with Crippen molar-refractivity contribution in [3.8, 4) is 6.07 Å². The van der Waals surface area contributed by atoms with Crippen molar-refractivity contribution >= 4 is 33.1 Å². The van der Waals surface area contributed by atoms with Crippen molar-refractivity contribution in [1.29, 1.82) is 5.26 Å². The zero-order chi connectivity index (χ0) is 18.6. The van der Waals surface area contributed by atoms with Crippen LogP contribution in [0.3, 0.4) is 0 Å². The van der Waals surface area contributed by atoms with E-state index in [2.05, 4.69) is 34.2 Å². The molecule has 1 amide bonds. The third-order valence-electron chi connectivity index (χ3n) is 4.49. The van der Waals surface area contributed by atoms with Crippen molar-refractivity contribution in [2.24, 2.45) is 0 Å². The highest BCUT2D eigenvalue weighted by atomic mass is 32.1. The van der Waals surface area contributed by atoms with Gasteiger partial charge in [-0.3, -0.25) is 4.79 Å². The Kier molecular flexibility index (Phi) is 4.73. The number of carbonyl (C=O) groups excluding carboxylic acids is 1. The minimum absolute atomic E-state index is 0.142. The molecule has 132 valence electrons. The van der Waals surface area contributed by atoms with Gasteiger partial charge >= 0.3 is 0 Å². The molecule has 0 aliphatic heterocycles. The van der Waals surface area contributed by atoms with E-state index in [-0.39, 0.29) is 5.91 Å². The summed E-state index contributed by atoms with van der Waals surface area (Å²) in [5.74, 6) is -0.142. The number of benzene rings is 2. The van der Waals surface area contributed by atoms with Crippen molar-refractivity contribution in [2.45, 2.75) is 13.0 Å². The van der Waals surface area contributed by atoms with Crippen LogP contribution in [-0.2, 0) is 13.0 Å². The number of anilines is 1. The number of amides is 1. The third kappa shape index (κ3) is 3.62. The normalized spacial score (nSPS) is 10.6. The summed E-state index contributed by atoms with van der Waals surface area (Å²) >= 11 is 1.64. The van der Waals surface area contributed by atoms with Crippen molar-refractivity contribution in [1.82, 2.24) is 4.57 Å². The highest BCUT2D eigenvalue weighted by molar-refractivity contribution is 7.17. The van der Waals surface area contributed by atoms with Gasteiger partial charge in [0.15, 0.2) is 0 Å². The second-order valence-corrected chi connectivity index (χ2v) is 7.18. The molecular formula is C22H17N3OS. The van der Waals surface area contributed by atoms with Crippen molar-refractivity contribution < 1.29 is 4.79 Å². The highest BCUT2D eigenvalue weighted by Crippen LogP contribution is 2.26. The van der Waals surface area contributed by atoms with Gasteiger partial charge in [0.05, 0.1) is 21.8 Å². The Morgan fingerprint density at radius 2 is 1.85 bits per heavy atom. The Bertz CT molecular complexity index is 1120. The van der Waals surface area contributed by atoms with E-state index in [4.69, 9.17) is 5.26 Å². The second kappa shape index (κ2) is 7.48. The first-order chi connectivity index (χ1) is 13.2. The predicted molar refractivity (Wildman–Crippen MR) is 109 cm³/mol. The van der Waals surface area contributed by atoms with Gasteiger partial charge in [0.1, 0.15) is 5.69 Å². The minimum atomic E-state index is -0.142. The number of fused-ring (bicyclic) bond motifs is 1. The number of aryl methyl sites for hydroxylation is 2. The molecule has 0 radical (unpaired) electrons. The number of hydrogen-bond acceptors (Lipinski definition) is 3. The summed E-state index contributed by atoms with van der Waals surface area (Å²) in [4.78, 5) is 12.9. The third-order valence-corrected chi connectivity index (χ3v) is 5.35. The number of rotatable bonds is 5. The number of thiophene rings is 1. The molecule has 5 heteroatoms. The van der Waals surface area contributed by atoms with Crippen LogP contribution in [0.1, 0.15) is 21.6 Å². The van der Waals surface area contributed by atoms with Crippen LogP contribution in [-0.4, -0.2) is 10.5 Å². The average molecular weight is 371 g/mol. The first-order valence-corrected chi connectivity index (χ1v) is 9.55.